The van der Waals surface area contributed by atoms with Crippen LogP contribution in [0.3, 0.4) is 0 Å². The van der Waals surface area contributed by atoms with Crippen molar-refractivity contribution in [3.8, 4) is 0 Å². The van der Waals surface area contributed by atoms with Crippen molar-refractivity contribution in [2.24, 2.45) is 0 Å². The quantitative estimate of drug-likeness (QED) is 0.351. The first-order chi connectivity index (χ1) is 18.1. The van der Waals surface area contributed by atoms with E-state index in [0.717, 1.165) is 18.8 Å². The molecule has 2 N–H and O–H groups in total. The zero-order valence-corrected chi connectivity index (χ0v) is 22.4. The van der Waals surface area contributed by atoms with Crippen molar-refractivity contribution in [2.75, 3.05) is 96.3 Å². The largest absolute Gasteiger partial charge is 0.399 e. The maximum Gasteiger partial charge on any atom is 0.272 e. The molecule has 0 aromatic heterocycles. The van der Waals surface area contributed by atoms with E-state index in [1.54, 1.807) is 45.2 Å². The first kappa shape index (κ1) is 28.7. The van der Waals surface area contributed by atoms with Gasteiger partial charge in [-0.05, 0) is 24.3 Å². The SMILES string of the molecule is CN(C)C(=O)c1cc(N)cc(N2CCOCC2)c1.CN(C)C(=O)c1cc(N2CCOCC2)cc([N+](=O)[O-])c1. The van der Waals surface area contributed by atoms with Crippen molar-refractivity contribution in [2.45, 2.75) is 0 Å². The average Bonchev–Trinajstić information content (AvgIpc) is 2.92. The van der Waals surface area contributed by atoms with Gasteiger partial charge in [0.15, 0.2) is 0 Å². The number of hydrogen-bond donors (Lipinski definition) is 1. The van der Waals surface area contributed by atoms with E-state index in [2.05, 4.69) is 4.90 Å². The maximum atomic E-state index is 12.0. The van der Waals surface area contributed by atoms with Crippen LogP contribution < -0.4 is 15.5 Å². The number of nitrogens with zero attached hydrogens (tertiary/aromatic N) is 5. The number of morpholine rings is 2. The Morgan fingerprint density at radius 1 is 0.763 bits per heavy atom. The molecule has 2 amide bonds. The molecule has 0 radical (unpaired) electrons. The monoisotopic (exact) mass is 528 g/mol. The zero-order valence-electron chi connectivity index (χ0n) is 22.4. The van der Waals surface area contributed by atoms with E-state index in [9.17, 15) is 19.7 Å². The molecule has 0 atom stereocenters. The van der Waals surface area contributed by atoms with E-state index in [-0.39, 0.29) is 17.5 Å². The van der Waals surface area contributed by atoms with Crippen molar-refractivity contribution >= 4 is 34.6 Å². The highest BCUT2D eigenvalue weighted by molar-refractivity contribution is 5.96. The first-order valence-electron chi connectivity index (χ1n) is 12.4. The van der Waals surface area contributed by atoms with Crippen LogP contribution in [-0.2, 0) is 9.47 Å². The van der Waals surface area contributed by atoms with Crippen molar-refractivity contribution < 1.29 is 24.0 Å². The Balaban J connectivity index is 0.000000212. The molecule has 206 valence electrons. The lowest BCUT2D eigenvalue weighted by Crippen LogP contribution is -2.36. The van der Waals surface area contributed by atoms with E-state index < -0.39 is 4.92 Å². The van der Waals surface area contributed by atoms with Gasteiger partial charge in [0.1, 0.15) is 0 Å². The molecule has 2 aliphatic heterocycles. The molecule has 0 spiro atoms. The van der Waals surface area contributed by atoms with Gasteiger partial charge in [0, 0.05) is 94.7 Å². The molecule has 2 aromatic carbocycles. The maximum absolute atomic E-state index is 12.0. The Labute approximate surface area is 222 Å². The predicted octanol–water partition coefficient (Wildman–Crippen LogP) is 1.94. The number of nitrogens with two attached hydrogens (primary N) is 1. The highest BCUT2D eigenvalue weighted by atomic mass is 16.6. The lowest BCUT2D eigenvalue weighted by atomic mass is 10.1. The fraction of sp³-hybridized carbons (Fsp3) is 0.462. The van der Waals surface area contributed by atoms with Crippen LogP contribution in [0.4, 0.5) is 22.7 Å². The number of nitrogen functional groups attached to an aromatic ring is 1. The molecule has 0 saturated carbocycles. The Bertz CT molecular complexity index is 1140. The van der Waals surface area contributed by atoms with Gasteiger partial charge >= 0.3 is 0 Å². The van der Waals surface area contributed by atoms with Crippen LogP contribution >= 0.6 is 0 Å². The van der Waals surface area contributed by atoms with Crippen LogP contribution in [0, 0.1) is 10.1 Å². The summed E-state index contributed by atoms with van der Waals surface area (Å²) in [5.74, 6) is -0.278. The molecule has 0 aliphatic carbocycles. The number of rotatable bonds is 5. The van der Waals surface area contributed by atoms with E-state index in [4.69, 9.17) is 15.2 Å². The fourth-order valence-electron chi connectivity index (χ4n) is 4.11. The number of ether oxygens (including phenoxy) is 2. The number of nitro groups is 1. The van der Waals surface area contributed by atoms with Crippen molar-refractivity contribution in [3.05, 3.63) is 57.6 Å². The summed E-state index contributed by atoms with van der Waals surface area (Å²) in [6.45, 7) is 5.59. The fourth-order valence-corrected chi connectivity index (χ4v) is 4.11. The summed E-state index contributed by atoms with van der Waals surface area (Å²) in [7, 11) is 6.71. The van der Waals surface area contributed by atoms with Gasteiger partial charge in [0.05, 0.1) is 31.4 Å². The summed E-state index contributed by atoms with van der Waals surface area (Å²) in [5.41, 5.74) is 9.05. The van der Waals surface area contributed by atoms with Gasteiger partial charge in [-0.3, -0.25) is 19.7 Å². The summed E-state index contributed by atoms with van der Waals surface area (Å²) in [4.78, 5) is 41.6. The third-order valence-electron chi connectivity index (χ3n) is 6.11. The molecule has 2 aliphatic rings. The highest BCUT2D eigenvalue weighted by Gasteiger charge is 2.20. The molecule has 0 unspecified atom stereocenters. The Morgan fingerprint density at radius 3 is 1.61 bits per heavy atom. The van der Waals surface area contributed by atoms with E-state index in [1.165, 1.54) is 17.0 Å². The average molecular weight is 529 g/mol. The number of anilines is 3. The minimum absolute atomic E-state index is 0.0307. The summed E-state index contributed by atoms with van der Waals surface area (Å²) in [6.07, 6.45) is 0. The summed E-state index contributed by atoms with van der Waals surface area (Å²) in [6, 6.07) is 10.0. The molecule has 12 heteroatoms. The minimum Gasteiger partial charge on any atom is -0.399 e. The van der Waals surface area contributed by atoms with Crippen LogP contribution in [0.1, 0.15) is 20.7 Å². The van der Waals surface area contributed by atoms with Gasteiger partial charge in [-0.1, -0.05) is 0 Å². The van der Waals surface area contributed by atoms with Gasteiger partial charge in [-0.2, -0.15) is 0 Å². The molecule has 2 fully saturated rings. The molecule has 4 rings (SSSR count). The molecular weight excluding hydrogens is 492 g/mol. The van der Waals surface area contributed by atoms with Crippen molar-refractivity contribution in [1.29, 1.82) is 0 Å². The third-order valence-corrected chi connectivity index (χ3v) is 6.11. The molecule has 0 bridgehead atoms. The van der Waals surface area contributed by atoms with Gasteiger partial charge in [-0.25, -0.2) is 0 Å². The summed E-state index contributed by atoms with van der Waals surface area (Å²) >= 11 is 0. The number of carbonyl (C=O) groups is 2. The van der Waals surface area contributed by atoms with Gasteiger partial charge in [0.2, 0.25) is 0 Å². The number of carbonyl (C=O) groups excluding carboxylic acids is 2. The van der Waals surface area contributed by atoms with E-state index in [1.807, 2.05) is 17.0 Å². The van der Waals surface area contributed by atoms with Crippen molar-refractivity contribution in [1.82, 2.24) is 9.80 Å². The third kappa shape index (κ3) is 7.56. The standard InChI is InChI=1S/C13H17N3O4.C13H19N3O2/c1-14(2)13(17)10-7-11(9-12(8-10)16(18)19)15-3-5-20-6-4-15;1-15(2)13(17)10-7-11(14)9-12(8-10)16-3-5-18-6-4-16/h7-9H,3-6H2,1-2H3;7-9H,3-6,14H2,1-2H3. The van der Waals surface area contributed by atoms with Gasteiger partial charge < -0.3 is 34.8 Å². The van der Waals surface area contributed by atoms with Crippen LogP contribution in [0.25, 0.3) is 0 Å². The molecular formula is C26H36N6O6. The number of hydrogen-bond acceptors (Lipinski definition) is 9. The number of benzene rings is 2. The Morgan fingerprint density at radius 2 is 1.18 bits per heavy atom. The smallest absolute Gasteiger partial charge is 0.272 e. The normalized spacial score (nSPS) is 15.3. The molecule has 12 nitrogen and oxygen atoms in total. The lowest BCUT2D eigenvalue weighted by Gasteiger charge is -2.29. The molecule has 38 heavy (non-hydrogen) atoms. The van der Waals surface area contributed by atoms with Crippen LogP contribution in [0.5, 0.6) is 0 Å². The molecule has 2 saturated heterocycles. The predicted molar refractivity (Wildman–Crippen MR) is 146 cm³/mol. The van der Waals surface area contributed by atoms with E-state index in [0.29, 0.717) is 62.0 Å². The van der Waals surface area contributed by atoms with Crippen molar-refractivity contribution in [3.63, 3.8) is 0 Å². The van der Waals surface area contributed by atoms with Crippen LogP contribution in [0.2, 0.25) is 0 Å². The second kappa shape index (κ2) is 13.1. The number of non-ortho nitro benzene ring substituents is 1. The van der Waals surface area contributed by atoms with Gasteiger partial charge in [-0.15, -0.1) is 0 Å². The lowest BCUT2D eigenvalue weighted by molar-refractivity contribution is -0.384. The van der Waals surface area contributed by atoms with Crippen LogP contribution in [-0.4, -0.2) is 107 Å². The molecule has 2 aromatic rings. The second-order valence-corrected chi connectivity index (χ2v) is 9.41. The minimum atomic E-state index is -0.476. The Kier molecular flexibility index (Phi) is 9.85. The zero-order chi connectivity index (χ0) is 27.8. The van der Waals surface area contributed by atoms with Crippen LogP contribution in [0.15, 0.2) is 36.4 Å². The highest BCUT2D eigenvalue weighted by Crippen LogP contribution is 2.26. The van der Waals surface area contributed by atoms with E-state index >= 15 is 0 Å². The first-order valence-corrected chi connectivity index (χ1v) is 12.4. The van der Waals surface area contributed by atoms with Gasteiger partial charge in [0.25, 0.3) is 17.5 Å². The second-order valence-electron chi connectivity index (χ2n) is 9.41. The number of amides is 2. The summed E-state index contributed by atoms with van der Waals surface area (Å²) < 4.78 is 10.6. The molecule has 2 heterocycles. The Hall–Kier alpha value is -3.90. The topological polar surface area (TPSA) is 135 Å². The number of nitro benzene ring substituents is 1. The summed E-state index contributed by atoms with van der Waals surface area (Å²) in [5, 5.41) is 11.0.